The molecule has 3 aromatic carbocycles. The van der Waals surface area contributed by atoms with E-state index in [-0.39, 0.29) is 4.90 Å². The van der Waals surface area contributed by atoms with Crippen LogP contribution in [0.5, 0.6) is 0 Å². The van der Waals surface area contributed by atoms with E-state index in [4.69, 9.17) is 0 Å². The van der Waals surface area contributed by atoms with Crippen LogP contribution in [0, 0.1) is 6.92 Å². The molecule has 0 aliphatic carbocycles. The zero-order chi connectivity index (χ0) is 18.9. The predicted octanol–water partition coefficient (Wildman–Crippen LogP) is 4.50. The average molecular weight is 376 g/mol. The SMILES string of the molecule is Cc1ccc(C=Nc2ccc(S(=O)(=O)N3CCc4ccccc43)cc2)cc1. The number of sulfonamides is 1. The Balaban J connectivity index is 1.56. The van der Waals surface area contributed by atoms with Gasteiger partial charge >= 0.3 is 0 Å². The molecule has 0 saturated carbocycles. The van der Waals surface area contributed by atoms with E-state index in [2.05, 4.69) is 4.99 Å². The lowest BCUT2D eigenvalue weighted by Crippen LogP contribution is -2.29. The van der Waals surface area contributed by atoms with Gasteiger partial charge in [0.05, 0.1) is 16.3 Å². The van der Waals surface area contributed by atoms with Gasteiger partial charge < -0.3 is 0 Å². The van der Waals surface area contributed by atoms with Gasteiger partial charge in [0.2, 0.25) is 0 Å². The van der Waals surface area contributed by atoms with Crippen molar-refractivity contribution < 1.29 is 8.42 Å². The van der Waals surface area contributed by atoms with Gasteiger partial charge in [-0.1, -0.05) is 48.0 Å². The first-order valence-corrected chi connectivity index (χ1v) is 10.3. The van der Waals surface area contributed by atoms with Crippen molar-refractivity contribution in [1.82, 2.24) is 0 Å². The number of anilines is 1. The molecule has 0 amide bonds. The van der Waals surface area contributed by atoms with E-state index in [1.165, 1.54) is 9.87 Å². The van der Waals surface area contributed by atoms with E-state index in [0.717, 1.165) is 28.9 Å². The molecule has 4 nitrogen and oxygen atoms in total. The smallest absolute Gasteiger partial charge is 0.264 e. The van der Waals surface area contributed by atoms with Crippen LogP contribution in [0.2, 0.25) is 0 Å². The first kappa shape index (κ1) is 17.5. The van der Waals surface area contributed by atoms with Crippen LogP contribution in [0.15, 0.2) is 82.7 Å². The number of hydrogen-bond acceptors (Lipinski definition) is 3. The summed E-state index contributed by atoms with van der Waals surface area (Å²) in [7, 11) is -3.56. The summed E-state index contributed by atoms with van der Waals surface area (Å²) < 4.78 is 27.5. The molecular formula is C22H20N2O2S. The van der Waals surface area contributed by atoms with Gasteiger partial charge in [-0.05, 0) is 54.8 Å². The molecule has 1 aliphatic heterocycles. The fraction of sp³-hybridized carbons (Fsp3) is 0.136. The number of benzene rings is 3. The number of hydrogen-bond donors (Lipinski definition) is 0. The number of nitrogens with zero attached hydrogens (tertiary/aromatic N) is 2. The van der Waals surface area contributed by atoms with Crippen molar-refractivity contribution in [2.45, 2.75) is 18.2 Å². The van der Waals surface area contributed by atoms with Crippen molar-refractivity contribution in [2.75, 3.05) is 10.8 Å². The molecule has 1 heterocycles. The fourth-order valence-corrected chi connectivity index (χ4v) is 4.69. The number of para-hydroxylation sites is 1. The topological polar surface area (TPSA) is 49.7 Å². The van der Waals surface area contributed by atoms with Gasteiger partial charge in [0.25, 0.3) is 10.0 Å². The highest BCUT2D eigenvalue weighted by Gasteiger charge is 2.30. The highest BCUT2D eigenvalue weighted by Crippen LogP contribution is 2.33. The van der Waals surface area contributed by atoms with Gasteiger partial charge in [-0.3, -0.25) is 9.30 Å². The van der Waals surface area contributed by atoms with Crippen molar-refractivity contribution in [3.05, 3.63) is 89.5 Å². The number of aliphatic imine (C=N–C) groups is 1. The third-order valence-corrected chi connectivity index (χ3v) is 6.54. The van der Waals surface area contributed by atoms with Crippen molar-refractivity contribution in [3.63, 3.8) is 0 Å². The normalized spacial score (nSPS) is 13.9. The minimum atomic E-state index is -3.56. The van der Waals surface area contributed by atoms with Crippen LogP contribution in [0.25, 0.3) is 0 Å². The number of fused-ring (bicyclic) bond motifs is 1. The molecule has 3 aromatic rings. The molecular weight excluding hydrogens is 356 g/mol. The maximum Gasteiger partial charge on any atom is 0.264 e. The Bertz CT molecular complexity index is 1090. The molecule has 0 fully saturated rings. The van der Waals surface area contributed by atoms with E-state index in [0.29, 0.717) is 6.54 Å². The summed E-state index contributed by atoms with van der Waals surface area (Å²) in [6, 6.07) is 22.4. The predicted molar refractivity (Wildman–Crippen MR) is 110 cm³/mol. The third kappa shape index (κ3) is 3.51. The van der Waals surface area contributed by atoms with Crippen molar-refractivity contribution in [1.29, 1.82) is 0 Å². The Kier molecular flexibility index (Phi) is 4.54. The molecule has 1 aliphatic rings. The number of rotatable bonds is 4. The maximum absolute atomic E-state index is 13.0. The lowest BCUT2D eigenvalue weighted by molar-refractivity contribution is 0.592. The van der Waals surface area contributed by atoms with E-state index < -0.39 is 10.0 Å². The summed E-state index contributed by atoms with van der Waals surface area (Å²) in [5.74, 6) is 0. The fourth-order valence-electron chi connectivity index (χ4n) is 3.19. The third-order valence-electron chi connectivity index (χ3n) is 4.71. The standard InChI is InChI=1S/C22H20N2O2S/c1-17-6-8-18(9-7-17)16-23-20-10-12-21(13-11-20)27(25,26)24-15-14-19-4-2-3-5-22(19)24/h2-13,16H,14-15H2,1H3. The Morgan fingerprint density at radius 1 is 0.926 bits per heavy atom. The van der Waals surface area contributed by atoms with E-state index in [1.807, 2.05) is 55.5 Å². The quantitative estimate of drug-likeness (QED) is 0.630. The molecule has 4 rings (SSSR count). The summed E-state index contributed by atoms with van der Waals surface area (Å²) in [5, 5.41) is 0. The average Bonchev–Trinajstić information content (AvgIpc) is 3.13. The van der Waals surface area contributed by atoms with Crippen LogP contribution in [0.3, 0.4) is 0 Å². The van der Waals surface area contributed by atoms with Crippen molar-refractivity contribution in [2.24, 2.45) is 4.99 Å². The van der Waals surface area contributed by atoms with Crippen LogP contribution >= 0.6 is 0 Å². The van der Waals surface area contributed by atoms with E-state index >= 15 is 0 Å². The zero-order valence-corrected chi connectivity index (χ0v) is 15.9. The maximum atomic E-state index is 13.0. The molecule has 0 spiro atoms. The summed E-state index contributed by atoms with van der Waals surface area (Å²) >= 11 is 0. The van der Waals surface area contributed by atoms with Gasteiger partial charge in [0.1, 0.15) is 0 Å². The van der Waals surface area contributed by atoms with E-state index in [1.54, 1.807) is 30.5 Å². The first-order chi connectivity index (χ1) is 13.0. The summed E-state index contributed by atoms with van der Waals surface area (Å²) in [6.45, 7) is 2.52. The largest absolute Gasteiger partial charge is 0.266 e. The minimum Gasteiger partial charge on any atom is -0.266 e. The Morgan fingerprint density at radius 2 is 1.63 bits per heavy atom. The molecule has 0 radical (unpaired) electrons. The lowest BCUT2D eigenvalue weighted by atomic mass is 10.2. The lowest BCUT2D eigenvalue weighted by Gasteiger charge is -2.19. The van der Waals surface area contributed by atoms with Crippen molar-refractivity contribution >= 4 is 27.6 Å². The Hall–Kier alpha value is -2.92. The highest BCUT2D eigenvalue weighted by atomic mass is 32.2. The molecule has 0 saturated heterocycles. The van der Waals surface area contributed by atoms with Crippen LogP contribution in [-0.4, -0.2) is 21.2 Å². The summed E-state index contributed by atoms with van der Waals surface area (Å²) in [4.78, 5) is 4.71. The molecule has 0 atom stereocenters. The molecule has 0 N–H and O–H groups in total. The molecule has 0 unspecified atom stereocenters. The molecule has 0 bridgehead atoms. The van der Waals surface area contributed by atoms with Crippen molar-refractivity contribution in [3.8, 4) is 0 Å². The second-order valence-corrected chi connectivity index (χ2v) is 8.48. The van der Waals surface area contributed by atoms with Crippen LogP contribution in [0.1, 0.15) is 16.7 Å². The number of aryl methyl sites for hydroxylation is 1. The second-order valence-electron chi connectivity index (χ2n) is 6.62. The minimum absolute atomic E-state index is 0.286. The monoisotopic (exact) mass is 376 g/mol. The van der Waals surface area contributed by atoms with Crippen LogP contribution in [0.4, 0.5) is 11.4 Å². The molecule has 5 heteroatoms. The zero-order valence-electron chi connectivity index (χ0n) is 15.0. The highest BCUT2D eigenvalue weighted by molar-refractivity contribution is 7.92. The Labute approximate surface area is 159 Å². The summed E-state index contributed by atoms with van der Waals surface area (Å²) in [5.41, 5.74) is 4.77. The summed E-state index contributed by atoms with van der Waals surface area (Å²) in [6.07, 6.45) is 2.52. The van der Waals surface area contributed by atoms with Gasteiger partial charge in [0, 0.05) is 12.8 Å². The molecule has 0 aromatic heterocycles. The van der Waals surface area contributed by atoms with Gasteiger partial charge in [-0.15, -0.1) is 0 Å². The Morgan fingerprint density at radius 3 is 2.37 bits per heavy atom. The van der Waals surface area contributed by atoms with E-state index in [9.17, 15) is 8.42 Å². The second kappa shape index (κ2) is 7.00. The van der Waals surface area contributed by atoms with Gasteiger partial charge in [-0.25, -0.2) is 8.42 Å². The van der Waals surface area contributed by atoms with Gasteiger partial charge in [0.15, 0.2) is 0 Å². The van der Waals surface area contributed by atoms with Crippen LogP contribution < -0.4 is 4.31 Å². The molecule has 27 heavy (non-hydrogen) atoms. The molecule has 136 valence electrons. The van der Waals surface area contributed by atoms with Gasteiger partial charge in [-0.2, -0.15) is 0 Å². The van der Waals surface area contributed by atoms with Crippen LogP contribution in [-0.2, 0) is 16.4 Å². The first-order valence-electron chi connectivity index (χ1n) is 8.85.